The van der Waals surface area contributed by atoms with Crippen molar-refractivity contribution in [2.45, 2.75) is 154 Å². The first-order valence-corrected chi connectivity index (χ1v) is 26.2. The average molecular weight is 1110 g/mol. The van der Waals surface area contributed by atoms with E-state index in [0.29, 0.717) is 24.0 Å². The maximum Gasteiger partial charge on any atom is 0.326 e. The maximum atomic E-state index is 14.2. The van der Waals surface area contributed by atoms with E-state index in [2.05, 4.69) is 47.9 Å². The zero-order chi connectivity index (χ0) is 59.5. The van der Waals surface area contributed by atoms with Crippen LogP contribution in [0.5, 0.6) is 0 Å². The second-order valence-electron chi connectivity index (χ2n) is 20.3. The van der Waals surface area contributed by atoms with Crippen LogP contribution in [0.15, 0.2) is 60.7 Å². The number of hydrogen-bond acceptors (Lipinski definition) is 15. The molecule has 17 N–H and O–H groups in total. The lowest BCUT2D eigenvalue weighted by molar-refractivity contribution is -0.142. The molecule has 2 aromatic carbocycles. The number of aliphatic hydroxyl groups is 2. The second-order valence-corrected chi connectivity index (χ2v) is 20.3. The van der Waals surface area contributed by atoms with Crippen molar-refractivity contribution < 1.29 is 73.2 Å². The predicted molar refractivity (Wildman–Crippen MR) is 287 cm³/mol. The van der Waals surface area contributed by atoms with Gasteiger partial charge in [-0.25, -0.2) is 4.79 Å². The molecule has 0 spiro atoms. The number of carboxylic acid groups (broad SMARTS) is 2. The van der Waals surface area contributed by atoms with Crippen molar-refractivity contribution in [3.63, 3.8) is 0 Å². The molecule has 26 nitrogen and oxygen atoms in total. The van der Waals surface area contributed by atoms with E-state index in [1.54, 1.807) is 102 Å². The van der Waals surface area contributed by atoms with Crippen molar-refractivity contribution in [1.82, 2.24) is 47.9 Å². The summed E-state index contributed by atoms with van der Waals surface area (Å²) in [5, 5.41) is 61.3. The molecule has 2 aromatic rings. The highest BCUT2D eigenvalue weighted by Gasteiger charge is 2.36. The molecule has 0 aliphatic heterocycles. The molecule has 0 aliphatic rings. The van der Waals surface area contributed by atoms with Crippen molar-refractivity contribution in [1.29, 1.82) is 0 Å². The number of unbranched alkanes of at least 4 members (excludes halogenated alkanes) is 1. The number of nitrogens with two attached hydrogens (primary N) is 2. The molecular weight excluding hydrogens is 1030 g/mol. The molecule has 2 rings (SSSR count). The Labute approximate surface area is 459 Å². The molecule has 0 fully saturated rings. The zero-order valence-electron chi connectivity index (χ0n) is 45.8. The summed E-state index contributed by atoms with van der Waals surface area (Å²) < 4.78 is 0. The molecule has 0 saturated carbocycles. The van der Waals surface area contributed by atoms with Crippen molar-refractivity contribution in [2.24, 2.45) is 29.2 Å². The lowest BCUT2D eigenvalue weighted by Crippen LogP contribution is -2.61. The third-order valence-electron chi connectivity index (χ3n) is 12.3. The molecule has 438 valence electrons. The van der Waals surface area contributed by atoms with Gasteiger partial charge in [-0.05, 0) is 68.0 Å². The smallest absolute Gasteiger partial charge is 0.326 e. The third-order valence-corrected chi connectivity index (χ3v) is 12.3. The van der Waals surface area contributed by atoms with E-state index in [4.69, 9.17) is 11.5 Å². The van der Waals surface area contributed by atoms with Crippen molar-refractivity contribution in [3.8, 4) is 0 Å². The number of aliphatic hydroxyl groups excluding tert-OH is 2. The minimum Gasteiger partial charge on any atom is -0.481 e. The van der Waals surface area contributed by atoms with Gasteiger partial charge in [0.1, 0.15) is 54.4 Å². The highest BCUT2D eigenvalue weighted by Crippen LogP contribution is 2.13. The molecule has 26 heteroatoms. The van der Waals surface area contributed by atoms with E-state index >= 15 is 0 Å². The van der Waals surface area contributed by atoms with Crippen LogP contribution in [0.1, 0.15) is 91.7 Å². The highest BCUT2D eigenvalue weighted by molar-refractivity contribution is 5.98. The molecular formula is C53H81N11O15. The Balaban J connectivity index is 2.26. The summed E-state index contributed by atoms with van der Waals surface area (Å²) in [6.07, 6.45) is -1.66. The summed E-state index contributed by atoms with van der Waals surface area (Å²) in [4.78, 5) is 146. The molecule has 0 aromatic heterocycles. The molecule has 0 saturated heterocycles. The van der Waals surface area contributed by atoms with Crippen LogP contribution < -0.4 is 59.3 Å². The number of carbonyl (C=O) groups is 11. The van der Waals surface area contributed by atoms with Crippen LogP contribution in [-0.2, 0) is 65.6 Å². The monoisotopic (exact) mass is 1110 g/mol. The number of amides is 9. The highest BCUT2D eigenvalue weighted by atomic mass is 16.4. The Bertz CT molecular complexity index is 2360. The van der Waals surface area contributed by atoms with Gasteiger partial charge in [0.25, 0.3) is 0 Å². The molecule has 0 aliphatic carbocycles. The van der Waals surface area contributed by atoms with Gasteiger partial charge in [0.15, 0.2) is 0 Å². The van der Waals surface area contributed by atoms with E-state index in [9.17, 15) is 73.2 Å². The number of benzene rings is 2. The van der Waals surface area contributed by atoms with Gasteiger partial charge in [0.2, 0.25) is 53.2 Å². The largest absolute Gasteiger partial charge is 0.481 e. The third kappa shape index (κ3) is 24.3. The van der Waals surface area contributed by atoms with Gasteiger partial charge in [-0.1, -0.05) is 102 Å². The Kier molecular flexibility index (Phi) is 29.4. The van der Waals surface area contributed by atoms with Gasteiger partial charge in [0.05, 0.1) is 25.7 Å². The van der Waals surface area contributed by atoms with Crippen LogP contribution >= 0.6 is 0 Å². The van der Waals surface area contributed by atoms with E-state index in [-0.39, 0.29) is 38.1 Å². The average Bonchev–Trinajstić information content (AvgIpc) is 3.39. The number of rotatable bonds is 35. The molecule has 0 unspecified atom stereocenters. The Hall–Kier alpha value is -7.55. The minimum atomic E-state index is -1.74. The van der Waals surface area contributed by atoms with Crippen molar-refractivity contribution in [3.05, 3.63) is 71.8 Å². The Morgan fingerprint density at radius 3 is 1.41 bits per heavy atom. The first-order valence-electron chi connectivity index (χ1n) is 26.2. The maximum absolute atomic E-state index is 14.2. The number of carboxylic acids is 2. The Morgan fingerprint density at radius 2 is 0.949 bits per heavy atom. The van der Waals surface area contributed by atoms with Crippen LogP contribution in [0.4, 0.5) is 0 Å². The fourth-order valence-corrected chi connectivity index (χ4v) is 7.82. The number of aliphatic carboxylic acids is 2. The molecule has 0 radical (unpaired) electrons. The van der Waals surface area contributed by atoms with Gasteiger partial charge in [0, 0.05) is 12.8 Å². The molecule has 0 heterocycles. The van der Waals surface area contributed by atoms with E-state index < -0.39 is 157 Å². The van der Waals surface area contributed by atoms with E-state index in [1.165, 1.54) is 6.92 Å². The fourth-order valence-electron chi connectivity index (χ4n) is 7.82. The van der Waals surface area contributed by atoms with Crippen molar-refractivity contribution >= 4 is 65.1 Å². The summed E-state index contributed by atoms with van der Waals surface area (Å²) in [6.45, 7) is 9.61. The first-order chi connectivity index (χ1) is 37.2. The van der Waals surface area contributed by atoms with Gasteiger partial charge in [-0.15, -0.1) is 0 Å². The molecule has 9 amide bonds. The van der Waals surface area contributed by atoms with Crippen LogP contribution in [0.2, 0.25) is 0 Å². The quantitative estimate of drug-likeness (QED) is 0.0310. The molecule has 10 atom stereocenters. The SMILES string of the molecule is CC(C)C[C@H](NC(=O)[C@H](CC(=O)O)NC(=O)[C@@H](N)[C@@H](C)O)C(=O)N[C@@H](CO)C(=O)NCC(=O)N[C@@H](CCCCN)C(=O)N[C@H](C(=O)N[C@@H](Cc1ccccc1)C(=O)N[C@H](C(=O)N[C@@H](Cc1ccccc1)C(=O)O)C(C)C)C(C)C. The van der Waals surface area contributed by atoms with Crippen molar-refractivity contribution in [2.75, 3.05) is 19.7 Å². The van der Waals surface area contributed by atoms with Gasteiger partial charge >= 0.3 is 11.9 Å². The summed E-state index contributed by atoms with van der Waals surface area (Å²) in [5.41, 5.74) is 12.6. The van der Waals surface area contributed by atoms with E-state index in [0.717, 1.165) is 0 Å². The summed E-state index contributed by atoms with van der Waals surface area (Å²) in [7, 11) is 0. The van der Waals surface area contributed by atoms with Gasteiger partial charge in [-0.2, -0.15) is 0 Å². The Morgan fingerprint density at radius 1 is 0.506 bits per heavy atom. The van der Waals surface area contributed by atoms with Crippen LogP contribution in [0.3, 0.4) is 0 Å². The number of hydrogen-bond donors (Lipinski definition) is 15. The zero-order valence-corrected chi connectivity index (χ0v) is 45.8. The first kappa shape index (κ1) is 67.6. The topological polar surface area (TPSA) is 429 Å². The van der Waals surface area contributed by atoms with Crippen LogP contribution in [-0.4, -0.2) is 166 Å². The molecule has 0 bridgehead atoms. The standard InChI is InChI=1S/C53H81N11O15/c1-28(2)22-35(58-48(73)37(25-41(68)69)59-50(75)42(55)31(7)66)47(72)62-39(27-65)45(70)56-26-40(67)57-34(20-14-15-21-54)46(71)63-43(29(3)4)51(76)60-36(23-32-16-10-8-11-17-32)49(74)64-44(30(5)6)52(77)61-38(53(78)79)24-33-18-12-9-13-19-33/h8-13,16-19,28-31,34-39,42-44,65-66H,14-15,20-27,54-55H2,1-7H3,(H,56,70)(H,57,67)(H,58,73)(H,59,75)(H,60,76)(H,61,77)(H,62,72)(H,63,71)(H,64,74)(H,68,69)(H,78,79)/t31-,34+,35+,36+,37+,38+,39+,42+,43+,44+/m1/s1. The normalized spacial score (nSPS) is 15.0. The predicted octanol–water partition coefficient (Wildman–Crippen LogP) is -2.79. The lowest BCUT2D eigenvalue weighted by atomic mass is 9.98. The van der Waals surface area contributed by atoms with Crippen LogP contribution in [0.25, 0.3) is 0 Å². The second kappa shape index (κ2) is 34.4. The van der Waals surface area contributed by atoms with Crippen LogP contribution in [0, 0.1) is 17.8 Å². The molecule has 79 heavy (non-hydrogen) atoms. The summed E-state index contributed by atoms with van der Waals surface area (Å²) in [6, 6.07) is 4.41. The summed E-state index contributed by atoms with van der Waals surface area (Å²) >= 11 is 0. The van der Waals surface area contributed by atoms with Gasteiger partial charge in [-0.3, -0.25) is 47.9 Å². The number of nitrogens with one attached hydrogen (secondary N) is 9. The lowest BCUT2D eigenvalue weighted by Gasteiger charge is -2.29. The fraction of sp³-hybridized carbons (Fsp3) is 0.566. The van der Waals surface area contributed by atoms with E-state index in [1.807, 2.05) is 0 Å². The van der Waals surface area contributed by atoms with Gasteiger partial charge < -0.3 is 79.7 Å². The summed E-state index contributed by atoms with van der Waals surface area (Å²) in [5.74, 6) is -12.5. The minimum absolute atomic E-state index is 0.0174. The number of carbonyl (C=O) groups excluding carboxylic acids is 9.